The summed E-state index contributed by atoms with van der Waals surface area (Å²) in [5.41, 5.74) is 3.72. The molecular weight excluding hydrogens is 320 g/mol. The number of benzene rings is 1. The highest BCUT2D eigenvalue weighted by Gasteiger charge is 2.61. The molecule has 2 saturated carbocycles. The van der Waals surface area contributed by atoms with Crippen molar-refractivity contribution in [2.45, 2.75) is 52.6 Å². The highest BCUT2D eigenvalue weighted by molar-refractivity contribution is 5.79. The molecule has 1 aromatic carbocycles. The second kappa shape index (κ2) is 7.54. The van der Waals surface area contributed by atoms with E-state index in [9.17, 15) is 4.79 Å². The molecule has 2 heteroatoms. The summed E-state index contributed by atoms with van der Waals surface area (Å²) < 4.78 is 5.62. The van der Waals surface area contributed by atoms with Gasteiger partial charge in [0.05, 0.1) is 5.92 Å². The Morgan fingerprint density at radius 3 is 2.65 bits per heavy atom. The van der Waals surface area contributed by atoms with Gasteiger partial charge in [0, 0.05) is 0 Å². The second-order valence-corrected chi connectivity index (χ2v) is 8.10. The molecule has 3 atom stereocenters. The molecule has 2 nitrogen and oxygen atoms in total. The first-order valence-corrected chi connectivity index (χ1v) is 9.53. The van der Waals surface area contributed by atoms with E-state index in [1.165, 1.54) is 31.3 Å². The zero-order chi connectivity index (χ0) is 18.7. The molecule has 2 fully saturated rings. The van der Waals surface area contributed by atoms with Crippen molar-refractivity contribution in [2.24, 2.45) is 17.3 Å². The van der Waals surface area contributed by atoms with Gasteiger partial charge < -0.3 is 4.74 Å². The molecule has 0 N–H and O–H groups in total. The lowest BCUT2D eigenvalue weighted by atomic mass is 10.1. The van der Waals surface area contributed by atoms with Crippen molar-refractivity contribution < 1.29 is 9.53 Å². The Hall–Kier alpha value is -2.27. The number of allylic oxidation sites excluding steroid dienone is 2. The third-order valence-corrected chi connectivity index (χ3v) is 5.87. The highest BCUT2D eigenvalue weighted by atomic mass is 16.5. The number of hydrogen-bond acceptors (Lipinski definition) is 2. The Morgan fingerprint density at radius 2 is 2.00 bits per heavy atom. The molecule has 0 spiro atoms. The van der Waals surface area contributed by atoms with Crippen LogP contribution in [0.2, 0.25) is 0 Å². The van der Waals surface area contributed by atoms with Gasteiger partial charge in [-0.15, -0.1) is 6.42 Å². The van der Waals surface area contributed by atoms with Gasteiger partial charge in [-0.3, -0.25) is 4.79 Å². The Bertz CT molecular complexity index is 768. The average Bonchev–Trinajstić information content (AvgIpc) is 2.96. The Morgan fingerprint density at radius 1 is 1.31 bits per heavy atom. The summed E-state index contributed by atoms with van der Waals surface area (Å²) in [6, 6.07) is 8.05. The molecule has 1 aromatic rings. The summed E-state index contributed by atoms with van der Waals surface area (Å²) in [5, 5.41) is 0. The van der Waals surface area contributed by atoms with E-state index in [4.69, 9.17) is 11.2 Å². The van der Waals surface area contributed by atoms with Gasteiger partial charge >= 0.3 is 5.97 Å². The first-order valence-electron chi connectivity index (χ1n) is 9.53. The van der Waals surface area contributed by atoms with Crippen LogP contribution in [0.1, 0.15) is 50.7 Å². The summed E-state index contributed by atoms with van der Waals surface area (Å²) in [4.78, 5) is 12.7. The molecule has 0 saturated heterocycles. The van der Waals surface area contributed by atoms with Crippen molar-refractivity contribution in [1.82, 2.24) is 0 Å². The number of rotatable bonds is 5. The summed E-state index contributed by atoms with van der Waals surface area (Å²) in [7, 11) is 0. The summed E-state index contributed by atoms with van der Waals surface area (Å²) in [5.74, 6) is 2.60. The predicted molar refractivity (Wildman–Crippen MR) is 106 cm³/mol. The van der Waals surface area contributed by atoms with Crippen LogP contribution in [0.3, 0.4) is 0 Å². The maximum Gasteiger partial charge on any atom is 0.311 e. The molecule has 3 unspecified atom stereocenters. The number of carbonyl (C=O) groups is 1. The summed E-state index contributed by atoms with van der Waals surface area (Å²) in [6.07, 6.45) is 15.9. The minimum Gasteiger partial charge on any atom is -0.445 e. The van der Waals surface area contributed by atoms with Crippen LogP contribution in [0.5, 0.6) is 0 Å². The van der Waals surface area contributed by atoms with E-state index in [1.54, 1.807) is 6.08 Å². The van der Waals surface area contributed by atoms with E-state index >= 15 is 0 Å². The lowest BCUT2D eigenvalue weighted by Gasteiger charge is -2.09. The molecule has 2 aliphatic rings. The van der Waals surface area contributed by atoms with Crippen molar-refractivity contribution in [1.29, 1.82) is 0 Å². The third-order valence-electron chi connectivity index (χ3n) is 5.87. The minimum absolute atomic E-state index is 0.0362. The van der Waals surface area contributed by atoms with Crippen molar-refractivity contribution in [3.8, 4) is 12.3 Å². The van der Waals surface area contributed by atoms with Crippen molar-refractivity contribution in [2.75, 3.05) is 0 Å². The van der Waals surface area contributed by atoms with Crippen molar-refractivity contribution in [3.63, 3.8) is 0 Å². The number of esters is 1. The molecule has 0 heterocycles. The van der Waals surface area contributed by atoms with Gasteiger partial charge in [-0.2, -0.15) is 0 Å². The molecule has 3 rings (SSSR count). The van der Waals surface area contributed by atoms with Crippen LogP contribution in [0.4, 0.5) is 0 Å². The largest absolute Gasteiger partial charge is 0.445 e. The number of hydrogen-bond donors (Lipinski definition) is 0. The Kier molecular flexibility index (Phi) is 5.37. The fraction of sp³-hybridized carbons (Fsp3) is 0.458. The molecule has 0 radical (unpaired) electrons. The van der Waals surface area contributed by atoms with Gasteiger partial charge in [0.25, 0.3) is 0 Å². The predicted octanol–water partition coefficient (Wildman–Crippen LogP) is 5.33. The van der Waals surface area contributed by atoms with Crippen LogP contribution in [0.25, 0.3) is 6.08 Å². The first kappa shape index (κ1) is 18.5. The fourth-order valence-electron chi connectivity index (χ4n) is 3.98. The zero-order valence-corrected chi connectivity index (χ0v) is 16.0. The van der Waals surface area contributed by atoms with Gasteiger partial charge in [0.1, 0.15) is 0 Å². The Labute approximate surface area is 157 Å². The average molecular weight is 348 g/mol. The SMILES string of the molecule is C#CC(/C=C/c1ccccc1C)OC(=O)C1C(C=C2CCCC2)C1(C)C. The standard InChI is InChI=1S/C24H28O2/c1-5-20(15-14-19-13-9-6-10-17(19)2)26-23(25)22-21(24(22,3)4)16-18-11-7-8-12-18/h1,6,9-10,13-16,20-22H,7-8,11-12H2,2-4H3/b15-14+. The maximum atomic E-state index is 12.7. The van der Waals surface area contributed by atoms with E-state index < -0.39 is 6.10 Å². The normalized spacial score (nSPS) is 24.9. The quantitative estimate of drug-likeness (QED) is 0.409. The van der Waals surface area contributed by atoms with Crippen LogP contribution in [-0.2, 0) is 9.53 Å². The number of terminal acetylenes is 1. The molecule has 0 amide bonds. The van der Waals surface area contributed by atoms with Crippen LogP contribution >= 0.6 is 0 Å². The topological polar surface area (TPSA) is 26.3 Å². The fourth-order valence-corrected chi connectivity index (χ4v) is 3.98. The summed E-state index contributed by atoms with van der Waals surface area (Å²) in [6.45, 7) is 6.33. The molecule has 0 bridgehead atoms. The minimum atomic E-state index is -0.627. The summed E-state index contributed by atoms with van der Waals surface area (Å²) >= 11 is 0. The lowest BCUT2D eigenvalue weighted by molar-refractivity contribution is -0.147. The molecule has 0 aliphatic heterocycles. The monoisotopic (exact) mass is 348 g/mol. The smallest absolute Gasteiger partial charge is 0.311 e. The molecular formula is C24H28O2. The van der Waals surface area contributed by atoms with Gasteiger partial charge in [0.15, 0.2) is 6.10 Å². The number of aryl methyl sites for hydroxylation is 1. The van der Waals surface area contributed by atoms with Crippen molar-refractivity contribution in [3.05, 3.63) is 53.1 Å². The number of carbonyl (C=O) groups excluding carboxylic acids is 1. The second-order valence-electron chi connectivity index (χ2n) is 8.10. The number of ether oxygens (including phenoxy) is 1. The van der Waals surface area contributed by atoms with Gasteiger partial charge in [-0.25, -0.2) is 0 Å². The molecule has 0 aromatic heterocycles. The van der Waals surface area contributed by atoms with Crippen LogP contribution in [0, 0.1) is 36.5 Å². The van der Waals surface area contributed by atoms with E-state index in [-0.39, 0.29) is 23.2 Å². The molecule has 136 valence electrons. The first-order chi connectivity index (χ1) is 12.4. The van der Waals surface area contributed by atoms with Crippen LogP contribution in [0.15, 0.2) is 42.0 Å². The lowest BCUT2D eigenvalue weighted by Crippen LogP contribution is -2.17. The van der Waals surface area contributed by atoms with Crippen molar-refractivity contribution >= 4 is 12.0 Å². The molecule has 2 aliphatic carbocycles. The highest BCUT2D eigenvalue weighted by Crippen LogP contribution is 2.60. The third kappa shape index (κ3) is 3.93. The zero-order valence-electron chi connectivity index (χ0n) is 16.0. The maximum absolute atomic E-state index is 12.7. The van der Waals surface area contributed by atoms with Gasteiger partial charge in [0.2, 0.25) is 0 Å². The van der Waals surface area contributed by atoms with E-state index in [0.29, 0.717) is 0 Å². The van der Waals surface area contributed by atoms with E-state index in [2.05, 4.69) is 25.8 Å². The molecule has 26 heavy (non-hydrogen) atoms. The Balaban J connectivity index is 1.64. The van der Waals surface area contributed by atoms with Gasteiger partial charge in [-0.1, -0.05) is 61.8 Å². The van der Waals surface area contributed by atoms with E-state index in [1.807, 2.05) is 37.3 Å². The van der Waals surface area contributed by atoms with Crippen LogP contribution < -0.4 is 0 Å². The van der Waals surface area contributed by atoms with Crippen LogP contribution in [-0.4, -0.2) is 12.1 Å². The van der Waals surface area contributed by atoms with E-state index in [0.717, 1.165) is 11.1 Å². The van der Waals surface area contributed by atoms with Gasteiger partial charge in [-0.05, 0) is 61.1 Å².